The number of amides is 1. The van der Waals surface area contributed by atoms with E-state index in [2.05, 4.69) is 0 Å². The number of carboxylic acids is 1. The number of carbonyl (C=O) groups is 2. The van der Waals surface area contributed by atoms with Crippen LogP contribution in [0.3, 0.4) is 0 Å². The first-order valence-corrected chi connectivity index (χ1v) is 10.5. The normalized spacial score (nSPS) is 14.9. The molecule has 2 heterocycles. The van der Waals surface area contributed by atoms with Crippen molar-refractivity contribution in [3.8, 4) is 11.3 Å². The highest BCUT2D eigenvalue weighted by atomic mass is 35.5. The lowest BCUT2D eigenvalue weighted by Gasteiger charge is -2.13. The quantitative estimate of drug-likeness (QED) is 0.214. The van der Waals surface area contributed by atoms with E-state index < -0.39 is 16.8 Å². The van der Waals surface area contributed by atoms with Gasteiger partial charge in [-0.2, -0.15) is 0 Å². The zero-order valence-corrected chi connectivity index (χ0v) is 18.2. The summed E-state index contributed by atoms with van der Waals surface area (Å²) in [6.45, 7) is 0. The molecule has 0 radical (unpaired) electrons. The maximum absolute atomic E-state index is 12.9. The van der Waals surface area contributed by atoms with Crippen molar-refractivity contribution >= 4 is 69.2 Å². The number of thioether (sulfide) groups is 1. The van der Waals surface area contributed by atoms with Gasteiger partial charge in [0, 0.05) is 23.8 Å². The second-order valence-electron chi connectivity index (χ2n) is 6.50. The van der Waals surface area contributed by atoms with Crippen LogP contribution in [-0.2, 0) is 4.79 Å². The predicted molar refractivity (Wildman–Crippen MR) is 125 cm³/mol. The number of furan rings is 1. The first-order valence-electron chi connectivity index (χ1n) is 8.90. The fourth-order valence-electron chi connectivity index (χ4n) is 2.99. The summed E-state index contributed by atoms with van der Waals surface area (Å²) >= 11 is 12.4. The number of non-ortho nitro benzene ring substituents is 1. The number of hydrogen-bond acceptors (Lipinski definition) is 7. The molecule has 1 fully saturated rings. The minimum absolute atomic E-state index is 0.0213. The number of carbonyl (C=O) groups excluding carboxylic acids is 1. The van der Waals surface area contributed by atoms with Crippen LogP contribution in [0.2, 0.25) is 5.02 Å². The van der Waals surface area contributed by atoms with Gasteiger partial charge in [-0.15, -0.1) is 0 Å². The number of nitrogens with zero attached hydrogens (tertiary/aromatic N) is 2. The van der Waals surface area contributed by atoms with Crippen LogP contribution in [0.4, 0.5) is 11.4 Å². The highest BCUT2D eigenvalue weighted by molar-refractivity contribution is 8.27. The van der Waals surface area contributed by atoms with Gasteiger partial charge in [0.2, 0.25) is 0 Å². The molecule has 1 saturated heterocycles. The minimum Gasteiger partial charge on any atom is -0.478 e. The molecule has 1 aromatic heterocycles. The highest BCUT2D eigenvalue weighted by Crippen LogP contribution is 2.37. The summed E-state index contributed by atoms with van der Waals surface area (Å²) in [5.41, 5.74) is 0.706. The molecule has 3 aromatic rings. The molecule has 8 nitrogen and oxygen atoms in total. The summed E-state index contributed by atoms with van der Waals surface area (Å²) in [5, 5.41) is 20.2. The minimum atomic E-state index is -1.13. The van der Waals surface area contributed by atoms with Crippen LogP contribution in [0, 0.1) is 10.1 Å². The Kier molecular flexibility index (Phi) is 5.83. The fourth-order valence-corrected chi connectivity index (χ4v) is 4.53. The van der Waals surface area contributed by atoms with Gasteiger partial charge in [-0.25, -0.2) is 4.79 Å². The Bertz CT molecular complexity index is 1330. The van der Waals surface area contributed by atoms with E-state index in [0.717, 1.165) is 11.8 Å². The van der Waals surface area contributed by atoms with E-state index >= 15 is 0 Å². The molecule has 1 aliphatic rings. The topological polar surface area (TPSA) is 114 Å². The number of nitro benzene ring substituents is 1. The van der Waals surface area contributed by atoms with Crippen molar-refractivity contribution in [1.82, 2.24) is 0 Å². The number of aromatic carboxylic acids is 1. The van der Waals surface area contributed by atoms with Crippen LogP contribution in [0.1, 0.15) is 16.1 Å². The van der Waals surface area contributed by atoms with Crippen LogP contribution in [-0.4, -0.2) is 26.2 Å². The molecule has 1 aliphatic heterocycles. The Morgan fingerprint density at radius 3 is 2.69 bits per heavy atom. The highest BCUT2D eigenvalue weighted by Gasteiger charge is 2.34. The van der Waals surface area contributed by atoms with Crippen LogP contribution in [0.15, 0.2) is 63.9 Å². The van der Waals surface area contributed by atoms with Gasteiger partial charge in [-0.3, -0.25) is 19.8 Å². The third-order valence-electron chi connectivity index (χ3n) is 4.48. The molecule has 2 aromatic carbocycles. The molecule has 160 valence electrons. The third kappa shape index (κ3) is 4.15. The number of nitro groups is 1. The number of halogens is 1. The van der Waals surface area contributed by atoms with Crippen molar-refractivity contribution in [3.05, 3.63) is 86.0 Å². The van der Waals surface area contributed by atoms with Crippen LogP contribution in [0.25, 0.3) is 17.4 Å². The van der Waals surface area contributed by atoms with Gasteiger partial charge in [-0.05, 0) is 30.3 Å². The summed E-state index contributed by atoms with van der Waals surface area (Å²) in [4.78, 5) is 36.0. The van der Waals surface area contributed by atoms with E-state index in [1.165, 1.54) is 41.3 Å². The van der Waals surface area contributed by atoms with Crippen molar-refractivity contribution in [3.63, 3.8) is 0 Å². The SMILES string of the molecule is O=C(O)c1ccc(-c2ccc(/C=C3/SC(=S)N(c4cccc([N+](=O)[O-])c4)C3=O)o2)cc1Cl. The van der Waals surface area contributed by atoms with Gasteiger partial charge in [-0.1, -0.05) is 47.7 Å². The van der Waals surface area contributed by atoms with E-state index in [9.17, 15) is 19.7 Å². The van der Waals surface area contributed by atoms with E-state index in [1.807, 2.05) is 0 Å². The molecule has 0 atom stereocenters. The van der Waals surface area contributed by atoms with E-state index in [0.29, 0.717) is 27.7 Å². The zero-order chi connectivity index (χ0) is 23.0. The summed E-state index contributed by atoms with van der Waals surface area (Å²) in [7, 11) is 0. The van der Waals surface area contributed by atoms with Crippen molar-refractivity contribution in [2.75, 3.05) is 4.90 Å². The third-order valence-corrected chi connectivity index (χ3v) is 6.09. The zero-order valence-electron chi connectivity index (χ0n) is 15.9. The van der Waals surface area contributed by atoms with Gasteiger partial charge in [0.25, 0.3) is 11.6 Å². The number of carboxylic acid groups (broad SMARTS) is 1. The Balaban J connectivity index is 1.60. The van der Waals surface area contributed by atoms with Crippen LogP contribution < -0.4 is 4.90 Å². The van der Waals surface area contributed by atoms with Crippen molar-refractivity contribution < 1.29 is 24.0 Å². The Morgan fingerprint density at radius 1 is 1.22 bits per heavy atom. The molecule has 0 bridgehead atoms. The summed E-state index contributed by atoms with van der Waals surface area (Å²) in [6, 6.07) is 13.4. The van der Waals surface area contributed by atoms with Gasteiger partial charge < -0.3 is 9.52 Å². The van der Waals surface area contributed by atoms with Gasteiger partial charge in [0.05, 0.1) is 26.1 Å². The molecule has 1 N–H and O–H groups in total. The number of rotatable bonds is 5. The molecule has 0 spiro atoms. The van der Waals surface area contributed by atoms with Crippen molar-refractivity contribution in [1.29, 1.82) is 0 Å². The average molecular weight is 487 g/mol. The number of benzene rings is 2. The molecule has 11 heteroatoms. The lowest BCUT2D eigenvalue weighted by atomic mass is 10.1. The second kappa shape index (κ2) is 8.58. The van der Waals surface area contributed by atoms with Crippen LogP contribution in [0.5, 0.6) is 0 Å². The number of hydrogen-bond donors (Lipinski definition) is 1. The van der Waals surface area contributed by atoms with Gasteiger partial charge in [0.1, 0.15) is 11.5 Å². The molecule has 32 heavy (non-hydrogen) atoms. The maximum Gasteiger partial charge on any atom is 0.337 e. The molecular formula is C21H11ClN2O6S2. The fraction of sp³-hybridized carbons (Fsp3) is 0. The molecule has 0 saturated carbocycles. The maximum atomic E-state index is 12.9. The average Bonchev–Trinajstić information content (AvgIpc) is 3.32. The molecule has 4 rings (SSSR count). The first-order chi connectivity index (χ1) is 15.2. The first kappa shape index (κ1) is 21.8. The molecule has 1 amide bonds. The Labute approximate surface area is 195 Å². The van der Waals surface area contributed by atoms with Gasteiger partial charge >= 0.3 is 5.97 Å². The Hall–Kier alpha value is -3.47. The molecule has 0 unspecified atom stereocenters. The largest absolute Gasteiger partial charge is 0.478 e. The summed E-state index contributed by atoms with van der Waals surface area (Å²) in [6.07, 6.45) is 1.52. The van der Waals surface area contributed by atoms with Crippen molar-refractivity contribution in [2.45, 2.75) is 0 Å². The predicted octanol–water partition coefficient (Wildman–Crippen LogP) is 5.61. The summed E-state index contributed by atoms with van der Waals surface area (Å²) in [5.74, 6) is -0.748. The van der Waals surface area contributed by atoms with E-state index in [1.54, 1.807) is 24.3 Å². The standard InChI is InChI=1S/C21H11ClN2O6S2/c22-16-8-11(4-6-15(16)20(26)27)17-7-5-14(30-17)10-18-19(25)23(21(31)32-18)12-2-1-3-13(9-12)24(28)29/h1-10H,(H,26,27)/b18-10+. The number of anilines is 1. The second-order valence-corrected chi connectivity index (χ2v) is 8.58. The lowest BCUT2D eigenvalue weighted by Crippen LogP contribution is -2.27. The van der Waals surface area contributed by atoms with Crippen molar-refractivity contribution in [2.24, 2.45) is 0 Å². The summed E-state index contributed by atoms with van der Waals surface area (Å²) < 4.78 is 6.00. The van der Waals surface area contributed by atoms with E-state index in [-0.39, 0.29) is 20.6 Å². The lowest BCUT2D eigenvalue weighted by molar-refractivity contribution is -0.384. The van der Waals surface area contributed by atoms with Gasteiger partial charge in [0.15, 0.2) is 4.32 Å². The monoisotopic (exact) mass is 486 g/mol. The van der Waals surface area contributed by atoms with Crippen LogP contribution >= 0.6 is 35.6 Å². The molecule has 0 aliphatic carbocycles. The van der Waals surface area contributed by atoms with E-state index in [4.69, 9.17) is 33.3 Å². The number of thiocarbonyl (C=S) groups is 1. The molecular weight excluding hydrogens is 476 g/mol. The smallest absolute Gasteiger partial charge is 0.337 e. The Morgan fingerprint density at radius 2 is 2.00 bits per heavy atom.